The topological polar surface area (TPSA) is 47.9 Å². The largest absolute Gasteiger partial charge is 0.387 e. The third-order valence-electron chi connectivity index (χ3n) is 2.51. The van der Waals surface area contributed by atoms with E-state index in [2.05, 4.69) is 6.58 Å². The van der Waals surface area contributed by atoms with Gasteiger partial charge in [0.25, 0.3) is 0 Å². The summed E-state index contributed by atoms with van der Waals surface area (Å²) in [5.41, 5.74) is 0. The second kappa shape index (κ2) is 3.31. The second-order valence-corrected chi connectivity index (χ2v) is 4.16. The van der Waals surface area contributed by atoms with E-state index in [1.807, 2.05) is 13.8 Å². The van der Waals surface area contributed by atoms with Gasteiger partial charge in [-0.3, -0.25) is 0 Å². The van der Waals surface area contributed by atoms with Gasteiger partial charge in [0, 0.05) is 0 Å². The molecular weight excluding hydrogens is 184 g/mol. The monoisotopic (exact) mass is 200 g/mol. The van der Waals surface area contributed by atoms with E-state index >= 15 is 0 Å². The lowest BCUT2D eigenvalue weighted by Crippen LogP contribution is -2.34. The van der Waals surface area contributed by atoms with Crippen LogP contribution in [-0.4, -0.2) is 35.5 Å². The van der Waals surface area contributed by atoms with Gasteiger partial charge in [-0.1, -0.05) is 6.08 Å². The van der Waals surface area contributed by atoms with Crippen molar-refractivity contribution in [1.82, 2.24) is 0 Å². The van der Waals surface area contributed by atoms with E-state index in [9.17, 15) is 5.11 Å². The third-order valence-corrected chi connectivity index (χ3v) is 2.51. The summed E-state index contributed by atoms with van der Waals surface area (Å²) < 4.78 is 16.5. The summed E-state index contributed by atoms with van der Waals surface area (Å²) in [6.45, 7) is 7.23. The van der Waals surface area contributed by atoms with Crippen molar-refractivity contribution >= 4 is 0 Å². The van der Waals surface area contributed by atoms with Gasteiger partial charge in [-0.15, -0.1) is 6.58 Å². The van der Waals surface area contributed by atoms with Crippen LogP contribution >= 0.6 is 0 Å². The van der Waals surface area contributed by atoms with Crippen molar-refractivity contribution in [3.8, 4) is 0 Å². The summed E-state index contributed by atoms with van der Waals surface area (Å²) in [5.74, 6) is -0.657. The number of fused-ring (bicyclic) bond motifs is 1. The molecule has 2 aliphatic heterocycles. The van der Waals surface area contributed by atoms with Crippen LogP contribution in [0, 0.1) is 0 Å². The third kappa shape index (κ3) is 1.59. The minimum Gasteiger partial charge on any atom is -0.387 e. The molecule has 1 N–H and O–H groups in total. The highest BCUT2D eigenvalue weighted by atomic mass is 16.8. The van der Waals surface area contributed by atoms with Gasteiger partial charge in [-0.05, 0) is 20.3 Å². The first kappa shape index (κ1) is 10.1. The lowest BCUT2D eigenvalue weighted by atomic mass is 10.1. The predicted molar refractivity (Wildman–Crippen MR) is 49.5 cm³/mol. The summed E-state index contributed by atoms with van der Waals surface area (Å²) in [5, 5.41) is 9.84. The quantitative estimate of drug-likeness (QED) is 0.670. The van der Waals surface area contributed by atoms with E-state index < -0.39 is 18.2 Å². The fourth-order valence-electron chi connectivity index (χ4n) is 1.92. The Kier molecular flexibility index (Phi) is 2.39. The first-order valence-corrected chi connectivity index (χ1v) is 4.83. The van der Waals surface area contributed by atoms with Crippen LogP contribution < -0.4 is 0 Å². The van der Waals surface area contributed by atoms with Crippen molar-refractivity contribution in [1.29, 1.82) is 0 Å². The van der Waals surface area contributed by atoms with Gasteiger partial charge < -0.3 is 19.3 Å². The molecule has 14 heavy (non-hydrogen) atoms. The highest BCUT2D eigenvalue weighted by molar-refractivity contribution is 4.95. The average molecular weight is 200 g/mol. The van der Waals surface area contributed by atoms with Crippen LogP contribution in [0.25, 0.3) is 0 Å². The summed E-state index contributed by atoms with van der Waals surface area (Å²) in [7, 11) is 0. The average Bonchev–Trinajstić information content (AvgIpc) is 2.50. The molecule has 4 heteroatoms. The minimum atomic E-state index is -0.657. The van der Waals surface area contributed by atoms with E-state index in [-0.39, 0.29) is 12.2 Å². The molecule has 4 nitrogen and oxygen atoms in total. The van der Waals surface area contributed by atoms with Crippen LogP contribution in [0.4, 0.5) is 0 Å². The van der Waals surface area contributed by atoms with E-state index in [4.69, 9.17) is 14.2 Å². The molecule has 0 amide bonds. The Hall–Kier alpha value is -0.420. The highest BCUT2D eigenvalue weighted by Gasteiger charge is 2.53. The summed E-state index contributed by atoms with van der Waals surface area (Å²) >= 11 is 0. The van der Waals surface area contributed by atoms with Crippen molar-refractivity contribution < 1.29 is 19.3 Å². The number of ether oxygens (including phenoxy) is 3. The Morgan fingerprint density at radius 1 is 1.43 bits per heavy atom. The van der Waals surface area contributed by atoms with Crippen LogP contribution in [-0.2, 0) is 14.2 Å². The van der Waals surface area contributed by atoms with Gasteiger partial charge in [0.1, 0.15) is 12.2 Å². The first-order valence-electron chi connectivity index (χ1n) is 4.83. The standard InChI is InChI=1S/C10H16O4/c1-4-5-6-7(11)8-9(12-6)14-10(2,3)13-8/h4,6-9,11H,1,5H2,2-3H3/t6?,7-,8?,9+/m0/s1. The fraction of sp³-hybridized carbons (Fsp3) is 0.800. The minimum absolute atomic E-state index is 0.251. The van der Waals surface area contributed by atoms with Gasteiger partial charge in [0.15, 0.2) is 12.1 Å². The zero-order valence-electron chi connectivity index (χ0n) is 8.47. The molecule has 4 atom stereocenters. The zero-order chi connectivity index (χ0) is 10.3. The second-order valence-electron chi connectivity index (χ2n) is 4.16. The number of hydrogen-bond acceptors (Lipinski definition) is 4. The number of aliphatic hydroxyl groups excluding tert-OH is 1. The molecule has 2 fully saturated rings. The maximum atomic E-state index is 9.84. The van der Waals surface area contributed by atoms with Gasteiger partial charge in [0.2, 0.25) is 0 Å². The molecule has 2 aliphatic rings. The molecule has 0 saturated carbocycles. The SMILES string of the molecule is C=CCC1O[C@@H]2OC(C)(C)OC2[C@H]1O. The Bertz CT molecular complexity index is 238. The molecular formula is C10H16O4. The maximum Gasteiger partial charge on any atom is 0.190 e. The Labute approximate surface area is 83.5 Å². The Morgan fingerprint density at radius 3 is 2.71 bits per heavy atom. The predicted octanol–water partition coefficient (Wildman–Crippen LogP) is 0.800. The smallest absolute Gasteiger partial charge is 0.190 e. The summed E-state index contributed by atoms with van der Waals surface area (Å²) in [6.07, 6.45) is 0.653. The van der Waals surface area contributed by atoms with Crippen LogP contribution in [0.1, 0.15) is 20.3 Å². The summed E-state index contributed by atoms with van der Waals surface area (Å²) in [6, 6.07) is 0. The number of aliphatic hydroxyl groups is 1. The van der Waals surface area contributed by atoms with Crippen LogP contribution in [0.15, 0.2) is 12.7 Å². The first-order chi connectivity index (χ1) is 6.53. The van der Waals surface area contributed by atoms with Crippen molar-refractivity contribution in [2.45, 2.75) is 50.7 Å². The molecule has 2 rings (SSSR count). The Morgan fingerprint density at radius 2 is 2.14 bits per heavy atom. The molecule has 0 spiro atoms. The van der Waals surface area contributed by atoms with Gasteiger partial charge in [-0.25, -0.2) is 0 Å². The fourth-order valence-corrected chi connectivity index (χ4v) is 1.92. The lowest BCUT2D eigenvalue weighted by Gasteiger charge is -2.22. The molecule has 0 bridgehead atoms. The van der Waals surface area contributed by atoms with Crippen LogP contribution in [0.5, 0.6) is 0 Å². The Balaban J connectivity index is 2.04. The van der Waals surface area contributed by atoms with Gasteiger partial charge in [0.05, 0.1) is 6.10 Å². The van der Waals surface area contributed by atoms with Crippen molar-refractivity contribution in [2.24, 2.45) is 0 Å². The van der Waals surface area contributed by atoms with E-state index in [1.165, 1.54) is 0 Å². The molecule has 80 valence electrons. The molecule has 0 aromatic heterocycles. The van der Waals surface area contributed by atoms with Gasteiger partial charge in [-0.2, -0.15) is 0 Å². The lowest BCUT2D eigenvalue weighted by molar-refractivity contribution is -0.214. The van der Waals surface area contributed by atoms with E-state index in [0.717, 1.165) is 0 Å². The molecule has 0 radical (unpaired) electrons. The molecule has 2 unspecified atom stereocenters. The zero-order valence-corrected chi connectivity index (χ0v) is 8.47. The molecule has 2 heterocycles. The van der Waals surface area contributed by atoms with E-state index in [1.54, 1.807) is 6.08 Å². The van der Waals surface area contributed by atoms with Crippen molar-refractivity contribution in [3.05, 3.63) is 12.7 Å². The van der Waals surface area contributed by atoms with Crippen molar-refractivity contribution in [2.75, 3.05) is 0 Å². The number of hydrogen-bond donors (Lipinski definition) is 1. The van der Waals surface area contributed by atoms with Crippen LogP contribution in [0.3, 0.4) is 0 Å². The van der Waals surface area contributed by atoms with Crippen LogP contribution in [0.2, 0.25) is 0 Å². The summed E-state index contributed by atoms with van der Waals surface area (Å²) in [4.78, 5) is 0. The molecule has 0 aromatic carbocycles. The molecule has 0 aliphatic carbocycles. The normalized spacial score (nSPS) is 45.1. The van der Waals surface area contributed by atoms with Gasteiger partial charge >= 0.3 is 0 Å². The van der Waals surface area contributed by atoms with Crippen molar-refractivity contribution in [3.63, 3.8) is 0 Å². The van der Waals surface area contributed by atoms with E-state index in [0.29, 0.717) is 6.42 Å². The maximum absolute atomic E-state index is 9.84. The molecule has 0 aromatic rings. The molecule has 2 saturated heterocycles. The highest BCUT2D eigenvalue weighted by Crippen LogP contribution is 2.38. The number of rotatable bonds is 2.